The highest BCUT2D eigenvalue weighted by atomic mass is 16.5. The fourth-order valence-electron chi connectivity index (χ4n) is 2.90. The predicted octanol–water partition coefficient (Wildman–Crippen LogP) is 1.29. The van der Waals surface area contributed by atoms with Crippen molar-refractivity contribution in [2.45, 2.75) is 57.1 Å². The van der Waals surface area contributed by atoms with Crippen LogP contribution in [0.5, 0.6) is 0 Å². The van der Waals surface area contributed by atoms with Gasteiger partial charge in [0.25, 0.3) is 0 Å². The Bertz CT molecular complexity index is 296. The minimum absolute atomic E-state index is 0.200. The first-order valence-corrected chi connectivity index (χ1v) is 6.61. The molecule has 4 heteroatoms. The first-order valence-electron chi connectivity index (χ1n) is 6.61. The van der Waals surface area contributed by atoms with Crippen molar-refractivity contribution in [1.29, 1.82) is 0 Å². The lowest BCUT2D eigenvalue weighted by Gasteiger charge is -2.39. The van der Waals surface area contributed by atoms with Gasteiger partial charge in [0.2, 0.25) is 5.91 Å². The van der Waals surface area contributed by atoms with E-state index >= 15 is 0 Å². The molecule has 0 unspecified atom stereocenters. The largest absolute Gasteiger partial charge is 0.372 e. The second-order valence-corrected chi connectivity index (χ2v) is 6.17. The first kappa shape index (κ1) is 12.8. The van der Waals surface area contributed by atoms with Crippen LogP contribution in [0.3, 0.4) is 0 Å². The van der Waals surface area contributed by atoms with Crippen molar-refractivity contribution in [2.24, 2.45) is 5.73 Å². The highest BCUT2D eigenvalue weighted by Crippen LogP contribution is 2.31. The Hall–Kier alpha value is -0.610. The van der Waals surface area contributed by atoms with E-state index in [-0.39, 0.29) is 17.0 Å². The zero-order valence-electron chi connectivity index (χ0n) is 11.0. The van der Waals surface area contributed by atoms with Crippen LogP contribution >= 0.6 is 0 Å². The molecular formula is C13H24N2O2. The number of rotatable bonds is 2. The molecule has 1 aliphatic heterocycles. The van der Waals surface area contributed by atoms with E-state index in [9.17, 15) is 4.79 Å². The molecule has 0 atom stereocenters. The highest BCUT2D eigenvalue weighted by Gasteiger charge is 2.36. The van der Waals surface area contributed by atoms with Crippen LogP contribution in [0, 0.1) is 0 Å². The SMILES string of the molecule is CC1(C)CN(C(=O)CC2(N)CCCC2)CCO1. The van der Waals surface area contributed by atoms with Gasteiger partial charge >= 0.3 is 0 Å². The summed E-state index contributed by atoms with van der Waals surface area (Å²) in [6, 6.07) is 0. The van der Waals surface area contributed by atoms with Gasteiger partial charge in [-0.25, -0.2) is 0 Å². The van der Waals surface area contributed by atoms with Crippen molar-refractivity contribution in [3.05, 3.63) is 0 Å². The zero-order chi connectivity index (χ0) is 12.5. The molecule has 0 radical (unpaired) electrons. The molecule has 2 N–H and O–H groups in total. The van der Waals surface area contributed by atoms with Crippen molar-refractivity contribution < 1.29 is 9.53 Å². The van der Waals surface area contributed by atoms with Crippen LogP contribution in [0.1, 0.15) is 46.0 Å². The van der Waals surface area contributed by atoms with Crippen LogP contribution in [0.15, 0.2) is 0 Å². The van der Waals surface area contributed by atoms with Gasteiger partial charge < -0.3 is 15.4 Å². The Kier molecular flexibility index (Phi) is 3.46. The van der Waals surface area contributed by atoms with E-state index in [1.54, 1.807) is 0 Å². The van der Waals surface area contributed by atoms with Gasteiger partial charge in [-0.1, -0.05) is 12.8 Å². The Labute approximate surface area is 103 Å². The molecule has 0 aromatic carbocycles. The molecule has 2 fully saturated rings. The number of nitrogens with zero attached hydrogens (tertiary/aromatic N) is 1. The number of ether oxygens (including phenoxy) is 1. The molecule has 17 heavy (non-hydrogen) atoms. The van der Waals surface area contributed by atoms with Crippen molar-refractivity contribution >= 4 is 5.91 Å². The van der Waals surface area contributed by atoms with E-state index < -0.39 is 0 Å². The summed E-state index contributed by atoms with van der Waals surface area (Å²) >= 11 is 0. The Morgan fingerprint density at radius 3 is 2.59 bits per heavy atom. The third kappa shape index (κ3) is 3.19. The molecule has 2 aliphatic rings. The van der Waals surface area contributed by atoms with Gasteiger partial charge in [-0.05, 0) is 26.7 Å². The van der Waals surface area contributed by atoms with Gasteiger partial charge in [0.05, 0.1) is 12.2 Å². The standard InChI is InChI=1S/C13H24N2O2/c1-12(2)10-15(7-8-17-12)11(16)9-13(14)5-3-4-6-13/h3-10,14H2,1-2H3. The number of nitrogens with two attached hydrogens (primary N) is 1. The lowest BCUT2D eigenvalue weighted by molar-refractivity contribution is -0.147. The van der Waals surface area contributed by atoms with E-state index in [2.05, 4.69) is 0 Å². The van der Waals surface area contributed by atoms with Crippen LogP contribution in [-0.4, -0.2) is 41.6 Å². The highest BCUT2D eigenvalue weighted by molar-refractivity contribution is 5.77. The first-order chi connectivity index (χ1) is 7.90. The molecule has 4 nitrogen and oxygen atoms in total. The summed E-state index contributed by atoms with van der Waals surface area (Å²) < 4.78 is 5.62. The summed E-state index contributed by atoms with van der Waals surface area (Å²) in [5.41, 5.74) is 5.80. The molecule has 1 amide bonds. The van der Waals surface area contributed by atoms with Crippen molar-refractivity contribution in [3.63, 3.8) is 0 Å². The predicted molar refractivity (Wildman–Crippen MR) is 66.6 cm³/mol. The lowest BCUT2D eigenvalue weighted by Crippen LogP contribution is -2.53. The topological polar surface area (TPSA) is 55.6 Å². The molecule has 0 aromatic heterocycles. The minimum atomic E-state index is -0.237. The van der Waals surface area contributed by atoms with E-state index in [0.29, 0.717) is 26.1 Å². The molecule has 1 aliphatic carbocycles. The maximum absolute atomic E-state index is 12.2. The molecule has 1 saturated heterocycles. The van der Waals surface area contributed by atoms with Gasteiger partial charge in [0.15, 0.2) is 0 Å². The van der Waals surface area contributed by atoms with Crippen LogP contribution in [0.2, 0.25) is 0 Å². The zero-order valence-corrected chi connectivity index (χ0v) is 11.0. The minimum Gasteiger partial charge on any atom is -0.372 e. The number of amides is 1. The van der Waals surface area contributed by atoms with Gasteiger partial charge in [-0.3, -0.25) is 4.79 Å². The number of hydrogen-bond donors (Lipinski definition) is 1. The van der Waals surface area contributed by atoms with Crippen LogP contribution in [0.4, 0.5) is 0 Å². The van der Waals surface area contributed by atoms with Crippen molar-refractivity contribution in [2.75, 3.05) is 19.7 Å². The number of carbonyl (C=O) groups is 1. The summed E-state index contributed by atoms with van der Waals surface area (Å²) in [5.74, 6) is 0.200. The maximum Gasteiger partial charge on any atom is 0.224 e. The van der Waals surface area contributed by atoms with Crippen LogP contribution in [-0.2, 0) is 9.53 Å². The fraction of sp³-hybridized carbons (Fsp3) is 0.923. The normalized spacial score (nSPS) is 27.1. The van der Waals surface area contributed by atoms with E-state index in [4.69, 9.17) is 10.5 Å². The van der Waals surface area contributed by atoms with Gasteiger partial charge in [0.1, 0.15) is 0 Å². The quantitative estimate of drug-likeness (QED) is 0.791. The Morgan fingerprint density at radius 2 is 2.00 bits per heavy atom. The summed E-state index contributed by atoms with van der Waals surface area (Å²) in [5, 5.41) is 0. The molecule has 2 rings (SSSR count). The maximum atomic E-state index is 12.2. The Morgan fingerprint density at radius 1 is 1.35 bits per heavy atom. The van der Waals surface area contributed by atoms with Crippen molar-refractivity contribution in [1.82, 2.24) is 4.90 Å². The molecule has 0 spiro atoms. The molecule has 1 saturated carbocycles. The number of hydrogen-bond acceptors (Lipinski definition) is 3. The number of morpholine rings is 1. The smallest absolute Gasteiger partial charge is 0.224 e. The van der Waals surface area contributed by atoms with Crippen LogP contribution in [0.25, 0.3) is 0 Å². The van der Waals surface area contributed by atoms with Gasteiger partial charge in [-0.15, -0.1) is 0 Å². The third-order valence-corrected chi connectivity index (χ3v) is 3.88. The molecule has 0 bridgehead atoms. The fourth-order valence-corrected chi connectivity index (χ4v) is 2.90. The Balaban J connectivity index is 1.91. The molecule has 1 heterocycles. The molecular weight excluding hydrogens is 216 g/mol. The summed E-state index contributed by atoms with van der Waals surface area (Å²) in [6.07, 6.45) is 4.82. The van der Waals surface area contributed by atoms with Gasteiger partial charge in [0, 0.05) is 25.0 Å². The van der Waals surface area contributed by atoms with Crippen LogP contribution < -0.4 is 5.73 Å². The number of carbonyl (C=O) groups excluding carboxylic acids is 1. The summed E-state index contributed by atoms with van der Waals surface area (Å²) in [7, 11) is 0. The molecule has 0 aromatic rings. The van der Waals surface area contributed by atoms with Crippen molar-refractivity contribution in [3.8, 4) is 0 Å². The summed E-state index contributed by atoms with van der Waals surface area (Å²) in [6.45, 7) is 6.08. The summed E-state index contributed by atoms with van der Waals surface area (Å²) in [4.78, 5) is 14.2. The van der Waals surface area contributed by atoms with E-state index in [1.807, 2.05) is 18.7 Å². The van der Waals surface area contributed by atoms with E-state index in [0.717, 1.165) is 12.8 Å². The lowest BCUT2D eigenvalue weighted by atomic mass is 9.93. The second-order valence-electron chi connectivity index (χ2n) is 6.17. The average Bonchev–Trinajstić information content (AvgIpc) is 2.63. The second kappa shape index (κ2) is 4.58. The molecule has 98 valence electrons. The van der Waals surface area contributed by atoms with Gasteiger partial charge in [-0.2, -0.15) is 0 Å². The van der Waals surface area contributed by atoms with E-state index in [1.165, 1.54) is 12.8 Å². The third-order valence-electron chi connectivity index (χ3n) is 3.88. The monoisotopic (exact) mass is 240 g/mol. The average molecular weight is 240 g/mol.